The molecule has 1 unspecified atom stereocenters. The molecule has 1 aliphatic heterocycles. The summed E-state index contributed by atoms with van der Waals surface area (Å²) in [4.78, 5) is 0. The molecule has 3 nitrogen and oxygen atoms in total. The van der Waals surface area contributed by atoms with Crippen LogP contribution in [0.5, 0.6) is 11.5 Å². The number of rotatable bonds is 3. The van der Waals surface area contributed by atoms with Gasteiger partial charge in [-0.1, -0.05) is 24.3 Å². The fourth-order valence-corrected chi connectivity index (χ4v) is 2.55. The summed E-state index contributed by atoms with van der Waals surface area (Å²) in [6, 6.07) is 14.0. The number of aryl methyl sites for hydroxylation is 1. The van der Waals surface area contributed by atoms with Crippen molar-refractivity contribution in [3.05, 3.63) is 53.6 Å². The molecule has 0 fully saturated rings. The number of benzene rings is 2. The molecule has 0 amide bonds. The van der Waals surface area contributed by atoms with Crippen LogP contribution in [0.2, 0.25) is 0 Å². The lowest BCUT2D eigenvalue weighted by molar-refractivity contribution is 0.217. The molecule has 2 aromatic carbocycles. The third kappa shape index (κ3) is 2.57. The molecule has 1 heterocycles. The molecule has 1 aliphatic rings. The molecular weight excluding hydrogens is 250 g/mol. The van der Waals surface area contributed by atoms with E-state index in [1.165, 1.54) is 5.56 Å². The molecule has 3 heteroatoms. The number of hydrogen-bond acceptors (Lipinski definition) is 3. The fraction of sp³-hybridized carbons (Fsp3) is 0.294. The normalized spacial score (nSPS) is 17.1. The Labute approximate surface area is 119 Å². The van der Waals surface area contributed by atoms with Gasteiger partial charge in [0.1, 0.15) is 11.5 Å². The summed E-state index contributed by atoms with van der Waals surface area (Å²) < 4.78 is 11.7. The van der Waals surface area contributed by atoms with E-state index in [-0.39, 0.29) is 0 Å². The van der Waals surface area contributed by atoms with Crippen molar-refractivity contribution in [1.29, 1.82) is 0 Å². The third-order valence-corrected chi connectivity index (χ3v) is 3.73. The number of para-hydroxylation sites is 1. The molecule has 0 radical (unpaired) electrons. The zero-order chi connectivity index (χ0) is 13.9. The highest BCUT2D eigenvalue weighted by Gasteiger charge is 2.21. The molecule has 3 rings (SSSR count). The van der Waals surface area contributed by atoms with Crippen molar-refractivity contribution in [2.24, 2.45) is 0 Å². The van der Waals surface area contributed by atoms with Gasteiger partial charge in [0.15, 0.2) is 0 Å². The smallest absolute Gasteiger partial charge is 0.124 e. The Balaban J connectivity index is 1.75. The second kappa shape index (κ2) is 5.45. The summed E-state index contributed by atoms with van der Waals surface area (Å²) in [5.41, 5.74) is 8.89. The van der Waals surface area contributed by atoms with E-state index in [1.54, 1.807) is 0 Å². The zero-order valence-electron chi connectivity index (χ0n) is 11.6. The number of fused-ring (bicyclic) bond motifs is 1. The van der Waals surface area contributed by atoms with Gasteiger partial charge in [0.05, 0.1) is 13.2 Å². The summed E-state index contributed by atoms with van der Waals surface area (Å²) in [6.07, 6.45) is 0.985. The number of nitrogen functional groups attached to an aromatic ring is 1. The van der Waals surface area contributed by atoms with Crippen molar-refractivity contribution >= 4 is 5.69 Å². The maximum absolute atomic E-state index is 5.98. The van der Waals surface area contributed by atoms with E-state index in [2.05, 4.69) is 6.07 Å². The lowest BCUT2D eigenvalue weighted by Crippen LogP contribution is -2.19. The lowest BCUT2D eigenvalue weighted by atomic mass is 9.94. The molecule has 0 saturated carbocycles. The van der Waals surface area contributed by atoms with Crippen molar-refractivity contribution in [1.82, 2.24) is 0 Å². The Bertz CT molecular complexity index is 610. The van der Waals surface area contributed by atoms with Gasteiger partial charge in [-0.15, -0.1) is 0 Å². The predicted octanol–water partition coefficient (Wildman–Crippen LogP) is 3.52. The first-order valence-electron chi connectivity index (χ1n) is 6.94. The van der Waals surface area contributed by atoms with Crippen LogP contribution >= 0.6 is 0 Å². The van der Waals surface area contributed by atoms with Crippen LogP contribution in [-0.4, -0.2) is 13.2 Å². The quantitative estimate of drug-likeness (QED) is 0.867. The van der Waals surface area contributed by atoms with Crippen molar-refractivity contribution in [3.63, 3.8) is 0 Å². The highest BCUT2D eigenvalue weighted by atomic mass is 16.5. The first kappa shape index (κ1) is 12.9. The van der Waals surface area contributed by atoms with E-state index in [0.29, 0.717) is 12.5 Å². The number of hydrogen-bond donors (Lipinski definition) is 1. The van der Waals surface area contributed by atoms with Gasteiger partial charge in [0, 0.05) is 23.2 Å². The minimum Gasteiger partial charge on any atom is -0.493 e. The standard InChI is InChI=1S/C17H19NO2/c1-12-6-7-14(18)10-17(12)20-11-13-8-9-19-16-5-3-2-4-15(13)16/h2-7,10,13H,8-9,11,18H2,1H3. The monoisotopic (exact) mass is 269 g/mol. The van der Waals surface area contributed by atoms with Gasteiger partial charge < -0.3 is 15.2 Å². The van der Waals surface area contributed by atoms with Gasteiger partial charge in [0.25, 0.3) is 0 Å². The molecule has 2 aromatic rings. The summed E-state index contributed by atoms with van der Waals surface area (Å²) in [5, 5.41) is 0. The minimum absolute atomic E-state index is 0.376. The van der Waals surface area contributed by atoms with Gasteiger partial charge in [-0.2, -0.15) is 0 Å². The van der Waals surface area contributed by atoms with Crippen molar-refractivity contribution in [3.8, 4) is 11.5 Å². The van der Waals surface area contributed by atoms with Crippen LogP contribution in [0.1, 0.15) is 23.5 Å². The number of ether oxygens (including phenoxy) is 2. The van der Waals surface area contributed by atoms with Crippen LogP contribution in [0.25, 0.3) is 0 Å². The third-order valence-electron chi connectivity index (χ3n) is 3.73. The van der Waals surface area contributed by atoms with E-state index < -0.39 is 0 Å². The lowest BCUT2D eigenvalue weighted by Gasteiger charge is -2.26. The molecule has 0 aromatic heterocycles. The van der Waals surface area contributed by atoms with Gasteiger partial charge in [-0.3, -0.25) is 0 Å². The molecule has 0 aliphatic carbocycles. The highest BCUT2D eigenvalue weighted by Crippen LogP contribution is 2.34. The van der Waals surface area contributed by atoms with Crippen LogP contribution < -0.4 is 15.2 Å². The Morgan fingerprint density at radius 1 is 1.25 bits per heavy atom. The SMILES string of the molecule is Cc1ccc(N)cc1OCC1CCOc2ccccc21. The van der Waals surface area contributed by atoms with Crippen molar-refractivity contribution in [2.75, 3.05) is 18.9 Å². The number of nitrogens with two attached hydrogens (primary N) is 1. The molecule has 0 saturated heterocycles. The second-order valence-electron chi connectivity index (χ2n) is 5.21. The summed E-state index contributed by atoms with van der Waals surface area (Å²) >= 11 is 0. The van der Waals surface area contributed by atoms with E-state index in [0.717, 1.165) is 35.8 Å². The van der Waals surface area contributed by atoms with Gasteiger partial charge in [0.2, 0.25) is 0 Å². The maximum Gasteiger partial charge on any atom is 0.124 e. The van der Waals surface area contributed by atoms with Gasteiger partial charge in [-0.25, -0.2) is 0 Å². The fourth-order valence-electron chi connectivity index (χ4n) is 2.55. The predicted molar refractivity (Wildman–Crippen MR) is 80.4 cm³/mol. The Morgan fingerprint density at radius 3 is 3.00 bits per heavy atom. The van der Waals surface area contributed by atoms with E-state index in [9.17, 15) is 0 Å². The maximum atomic E-state index is 5.98. The average molecular weight is 269 g/mol. The Hall–Kier alpha value is -2.16. The molecule has 0 bridgehead atoms. The highest BCUT2D eigenvalue weighted by molar-refractivity contribution is 5.48. The summed E-state index contributed by atoms with van der Waals surface area (Å²) in [6.45, 7) is 3.44. The molecule has 104 valence electrons. The van der Waals surface area contributed by atoms with Gasteiger partial charge in [-0.05, 0) is 31.0 Å². The zero-order valence-corrected chi connectivity index (χ0v) is 11.6. The first-order valence-corrected chi connectivity index (χ1v) is 6.94. The van der Waals surface area contributed by atoms with E-state index in [1.807, 2.05) is 43.3 Å². The Kier molecular flexibility index (Phi) is 3.50. The van der Waals surface area contributed by atoms with Gasteiger partial charge >= 0.3 is 0 Å². The van der Waals surface area contributed by atoms with Crippen molar-refractivity contribution in [2.45, 2.75) is 19.3 Å². The molecule has 1 atom stereocenters. The van der Waals surface area contributed by atoms with Crippen molar-refractivity contribution < 1.29 is 9.47 Å². The summed E-state index contributed by atoms with van der Waals surface area (Å²) in [7, 11) is 0. The van der Waals surface area contributed by atoms with Crippen LogP contribution in [-0.2, 0) is 0 Å². The average Bonchev–Trinajstić information content (AvgIpc) is 2.48. The minimum atomic E-state index is 0.376. The topological polar surface area (TPSA) is 44.5 Å². The molecule has 0 spiro atoms. The summed E-state index contributed by atoms with van der Waals surface area (Å²) in [5.74, 6) is 2.23. The largest absolute Gasteiger partial charge is 0.493 e. The first-order chi connectivity index (χ1) is 9.74. The number of anilines is 1. The van der Waals surface area contributed by atoms with Crippen LogP contribution in [0, 0.1) is 6.92 Å². The van der Waals surface area contributed by atoms with Crippen LogP contribution in [0.4, 0.5) is 5.69 Å². The molecular formula is C17H19NO2. The Morgan fingerprint density at radius 2 is 2.10 bits per heavy atom. The molecule has 2 N–H and O–H groups in total. The second-order valence-corrected chi connectivity index (χ2v) is 5.21. The van der Waals surface area contributed by atoms with E-state index in [4.69, 9.17) is 15.2 Å². The molecule has 20 heavy (non-hydrogen) atoms. The van der Waals surface area contributed by atoms with Crippen LogP contribution in [0.15, 0.2) is 42.5 Å². The van der Waals surface area contributed by atoms with E-state index >= 15 is 0 Å². The van der Waals surface area contributed by atoms with Crippen LogP contribution in [0.3, 0.4) is 0 Å².